The molecule has 2 aromatic rings. The van der Waals surface area contributed by atoms with Gasteiger partial charge in [0.15, 0.2) is 0 Å². The predicted molar refractivity (Wildman–Crippen MR) is 86.9 cm³/mol. The van der Waals surface area contributed by atoms with Crippen LogP contribution >= 0.6 is 0 Å². The van der Waals surface area contributed by atoms with Gasteiger partial charge in [-0.05, 0) is 43.2 Å². The average molecular weight is 313 g/mol. The van der Waals surface area contributed by atoms with E-state index in [-0.39, 0.29) is 5.75 Å². The number of phenols is 1. The molecule has 0 aliphatic rings. The van der Waals surface area contributed by atoms with Gasteiger partial charge in [0.25, 0.3) is 0 Å². The number of nitrogens with one attached hydrogen (secondary N) is 1. The van der Waals surface area contributed by atoms with Gasteiger partial charge in [-0.1, -0.05) is 6.07 Å². The van der Waals surface area contributed by atoms with Crippen LogP contribution in [0.3, 0.4) is 0 Å². The van der Waals surface area contributed by atoms with Crippen molar-refractivity contribution in [3.8, 4) is 5.75 Å². The first kappa shape index (κ1) is 16.5. The monoisotopic (exact) mass is 313 g/mol. The van der Waals surface area contributed by atoms with Crippen LogP contribution in [-0.4, -0.2) is 39.9 Å². The van der Waals surface area contributed by atoms with Crippen LogP contribution in [0.4, 0.5) is 5.69 Å². The number of carbonyl (C=O) groups excluding carboxylic acids is 2. The minimum Gasteiger partial charge on any atom is -0.508 e. The second kappa shape index (κ2) is 7.93. The lowest BCUT2D eigenvalue weighted by Gasteiger charge is -2.20. The molecule has 1 aromatic heterocycles. The van der Waals surface area contributed by atoms with Gasteiger partial charge in [-0.2, -0.15) is 0 Å². The van der Waals surface area contributed by atoms with Crippen LogP contribution < -0.4 is 5.32 Å². The summed E-state index contributed by atoms with van der Waals surface area (Å²) in [5, 5.41) is 11.9. The highest BCUT2D eigenvalue weighted by Gasteiger charge is 2.20. The Labute approximate surface area is 134 Å². The van der Waals surface area contributed by atoms with Crippen molar-refractivity contribution in [3.63, 3.8) is 0 Å². The van der Waals surface area contributed by atoms with Crippen molar-refractivity contribution in [1.29, 1.82) is 0 Å². The van der Waals surface area contributed by atoms with Gasteiger partial charge < -0.3 is 15.3 Å². The molecule has 6 nitrogen and oxygen atoms in total. The molecule has 120 valence electrons. The molecule has 23 heavy (non-hydrogen) atoms. The first-order chi connectivity index (χ1) is 11.1. The van der Waals surface area contributed by atoms with Gasteiger partial charge in [0.2, 0.25) is 0 Å². The summed E-state index contributed by atoms with van der Waals surface area (Å²) in [5.41, 5.74) is 1.44. The van der Waals surface area contributed by atoms with Crippen LogP contribution in [0.2, 0.25) is 0 Å². The molecular weight excluding hydrogens is 294 g/mol. The fourth-order valence-corrected chi connectivity index (χ4v) is 2.13. The molecule has 0 saturated carbocycles. The molecule has 2 rings (SSSR count). The highest BCUT2D eigenvalue weighted by molar-refractivity contribution is 6.39. The van der Waals surface area contributed by atoms with Crippen LogP contribution in [0.5, 0.6) is 5.75 Å². The molecule has 0 unspecified atom stereocenters. The molecule has 0 saturated heterocycles. The minimum absolute atomic E-state index is 0.0280. The molecule has 2 amide bonds. The second-order valence-corrected chi connectivity index (χ2v) is 4.99. The van der Waals surface area contributed by atoms with E-state index in [1.54, 1.807) is 24.5 Å². The Morgan fingerprint density at radius 1 is 1.22 bits per heavy atom. The van der Waals surface area contributed by atoms with Gasteiger partial charge in [-0.15, -0.1) is 0 Å². The summed E-state index contributed by atoms with van der Waals surface area (Å²) < 4.78 is 0. The van der Waals surface area contributed by atoms with Gasteiger partial charge in [0.05, 0.1) is 0 Å². The van der Waals surface area contributed by atoms with E-state index in [1.807, 2.05) is 19.1 Å². The number of nitrogens with zero attached hydrogens (tertiary/aromatic N) is 2. The van der Waals surface area contributed by atoms with E-state index in [0.717, 1.165) is 5.56 Å². The number of phenolic OH excluding ortho intramolecular Hbond substituents is 1. The largest absolute Gasteiger partial charge is 0.508 e. The molecular formula is C17H19N3O3. The number of carbonyl (C=O) groups is 2. The van der Waals surface area contributed by atoms with E-state index >= 15 is 0 Å². The number of likely N-dealkylation sites (N-methyl/N-ethyl adjacent to an activating group) is 1. The number of anilines is 1. The van der Waals surface area contributed by atoms with Crippen LogP contribution in [0.25, 0.3) is 0 Å². The summed E-state index contributed by atoms with van der Waals surface area (Å²) in [6, 6.07) is 9.84. The number of pyridine rings is 1. The Morgan fingerprint density at radius 2 is 1.96 bits per heavy atom. The number of rotatable bonds is 5. The molecule has 1 heterocycles. The Balaban J connectivity index is 1.94. The summed E-state index contributed by atoms with van der Waals surface area (Å²) in [6.07, 6.45) is 4.05. The van der Waals surface area contributed by atoms with Crippen LogP contribution in [-0.2, 0) is 16.0 Å². The molecule has 0 bridgehead atoms. The number of hydrogen-bond acceptors (Lipinski definition) is 4. The van der Waals surface area contributed by atoms with E-state index < -0.39 is 11.8 Å². The fourth-order valence-electron chi connectivity index (χ4n) is 2.13. The normalized spacial score (nSPS) is 10.1. The summed E-state index contributed by atoms with van der Waals surface area (Å²) in [4.78, 5) is 29.7. The Bertz CT molecular complexity index is 674. The van der Waals surface area contributed by atoms with Gasteiger partial charge in [0.1, 0.15) is 5.75 Å². The third kappa shape index (κ3) is 4.81. The maximum Gasteiger partial charge on any atom is 0.313 e. The molecule has 0 aliphatic carbocycles. The van der Waals surface area contributed by atoms with E-state index in [1.165, 1.54) is 17.0 Å². The molecule has 0 spiro atoms. The second-order valence-electron chi connectivity index (χ2n) is 4.99. The zero-order chi connectivity index (χ0) is 16.7. The smallest absolute Gasteiger partial charge is 0.313 e. The summed E-state index contributed by atoms with van der Waals surface area (Å²) in [5.74, 6) is -1.28. The molecule has 2 N–H and O–H groups in total. The van der Waals surface area contributed by atoms with Crippen molar-refractivity contribution in [2.75, 3.05) is 18.4 Å². The molecule has 0 radical (unpaired) electrons. The van der Waals surface area contributed by atoms with Crippen LogP contribution in [0.15, 0.2) is 48.8 Å². The van der Waals surface area contributed by atoms with Crippen molar-refractivity contribution >= 4 is 17.5 Å². The SMILES string of the molecule is CCN(CCc1ccncc1)C(=O)C(=O)Nc1cccc(O)c1. The average Bonchev–Trinajstić information content (AvgIpc) is 2.56. The fraction of sp³-hybridized carbons (Fsp3) is 0.235. The standard InChI is InChI=1S/C17H19N3O3/c1-2-20(11-8-13-6-9-18-10-7-13)17(23)16(22)19-14-4-3-5-15(21)12-14/h3-7,9-10,12,21H,2,8,11H2,1H3,(H,19,22). The summed E-state index contributed by atoms with van der Waals surface area (Å²) >= 11 is 0. The van der Waals surface area contributed by atoms with E-state index in [4.69, 9.17) is 0 Å². The molecule has 1 aromatic carbocycles. The summed E-state index contributed by atoms with van der Waals surface area (Å²) in [7, 11) is 0. The van der Waals surface area contributed by atoms with Crippen molar-refractivity contribution in [1.82, 2.24) is 9.88 Å². The molecule has 0 atom stereocenters. The van der Waals surface area contributed by atoms with Crippen molar-refractivity contribution in [3.05, 3.63) is 54.4 Å². The van der Waals surface area contributed by atoms with Gasteiger partial charge in [-0.3, -0.25) is 14.6 Å². The third-order valence-electron chi connectivity index (χ3n) is 3.39. The lowest BCUT2D eigenvalue weighted by molar-refractivity contribution is -0.143. The van der Waals surface area contributed by atoms with E-state index in [0.29, 0.717) is 25.2 Å². The maximum atomic E-state index is 12.2. The maximum absolute atomic E-state index is 12.2. The van der Waals surface area contributed by atoms with Crippen LogP contribution in [0.1, 0.15) is 12.5 Å². The molecule has 0 aliphatic heterocycles. The first-order valence-electron chi connectivity index (χ1n) is 7.38. The third-order valence-corrected chi connectivity index (χ3v) is 3.39. The van der Waals surface area contributed by atoms with E-state index in [9.17, 15) is 14.7 Å². The quantitative estimate of drug-likeness (QED) is 0.825. The van der Waals surface area contributed by atoms with Crippen LogP contribution in [0, 0.1) is 0 Å². The number of amides is 2. The number of aromatic nitrogens is 1. The molecule has 6 heteroatoms. The Kier molecular flexibility index (Phi) is 5.68. The topological polar surface area (TPSA) is 82.5 Å². The Morgan fingerprint density at radius 3 is 2.61 bits per heavy atom. The highest BCUT2D eigenvalue weighted by Crippen LogP contribution is 2.15. The van der Waals surface area contributed by atoms with E-state index in [2.05, 4.69) is 10.3 Å². The van der Waals surface area contributed by atoms with Crippen molar-refractivity contribution in [2.24, 2.45) is 0 Å². The lowest BCUT2D eigenvalue weighted by atomic mass is 10.2. The van der Waals surface area contributed by atoms with Gasteiger partial charge >= 0.3 is 11.8 Å². The number of benzene rings is 1. The first-order valence-corrected chi connectivity index (χ1v) is 7.38. The highest BCUT2D eigenvalue weighted by atomic mass is 16.3. The number of hydrogen-bond donors (Lipinski definition) is 2. The molecule has 0 fully saturated rings. The van der Waals surface area contributed by atoms with Gasteiger partial charge in [-0.25, -0.2) is 0 Å². The zero-order valence-corrected chi connectivity index (χ0v) is 12.9. The summed E-state index contributed by atoms with van der Waals surface area (Å²) in [6.45, 7) is 2.72. The zero-order valence-electron chi connectivity index (χ0n) is 12.9. The predicted octanol–water partition coefficient (Wildman–Crippen LogP) is 1.82. The lowest BCUT2D eigenvalue weighted by Crippen LogP contribution is -2.40. The van der Waals surface area contributed by atoms with Crippen molar-refractivity contribution in [2.45, 2.75) is 13.3 Å². The van der Waals surface area contributed by atoms with Crippen molar-refractivity contribution < 1.29 is 14.7 Å². The minimum atomic E-state index is -0.716. The van der Waals surface area contributed by atoms with Gasteiger partial charge in [0, 0.05) is 37.2 Å². The number of aromatic hydroxyl groups is 1. The Hall–Kier alpha value is -2.89.